The van der Waals surface area contributed by atoms with Gasteiger partial charge in [-0.15, -0.1) is 0 Å². The fourth-order valence-electron chi connectivity index (χ4n) is 3.12. The van der Waals surface area contributed by atoms with E-state index in [0.29, 0.717) is 11.9 Å². The molecule has 2 rings (SSSR count). The quantitative estimate of drug-likeness (QED) is 0.867. The van der Waals surface area contributed by atoms with Crippen LogP contribution in [-0.2, 0) is 0 Å². The van der Waals surface area contributed by atoms with Gasteiger partial charge in [0.05, 0.1) is 19.0 Å². The Morgan fingerprint density at radius 3 is 2.84 bits per heavy atom. The zero-order chi connectivity index (χ0) is 13.7. The molecule has 1 fully saturated rings. The second kappa shape index (κ2) is 6.78. The minimum Gasteiger partial charge on any atom is -0.481 e. The SMILES string of the molecule is COc1ccc(NC2CCCC(CC(C)C)C2)cn1. The van der Waals surface area contributed by atoms with Crippen molar-refractivity contribution in [1.29, 1.82) is 0 Å². The van der Waals surface area contributed by atoms with Crippen molar-refractivity contribution in [3.8, 4) is 5.88 Å². The van der Waals surface area contributed by atoms with Crippen molar-refractivity contribution in [1.82, 2.24) is 4.98 Å². The summed E-state index contributed by atoms with van der Waals surface area (Å²) in [6.07, 6.45) is 8.55. The molecule has 0 spiro atoms. The molecule has 1 heterocycles. The first-order valence-corrected chi connectivity index (χ1v) is 7.44. The highest BCUT2D eigenvalue weighted by molar-refractivity contribution is 5.43. The number of hydrogen-bond donors (Lipinski definition) is 1. The van der Waals surface area contributed by atoms with Crippen molar-refractivity contribution in [2.75, 3.05) is 12.4 Å². The summed E-state index contributed by atoms with van der Waals surface area (Å²) in [5, 5.41) is 3.62. The molecule has 1 aliphatic carbocycles. The highest BCUT2D eigenvalue weighted by Gasteiger charge is 2.22. The van der Waals surface area contributed by atoms with Crippen LogP contribution in [-0.4, -0.2) is 18.1 Å². The van der Waals surface area contributed by atoms with Crippen molar-refractivity contribution in [2.45, 2.75) is 52.0 Å². The molecule has 0 amide bonds. The van der Waals surface area contributed by atoms with Gasteiger partial charge in [0.15, 0.2) is 0 Å². The number of pyridine rings is 1. The number of methoxy groups -OCH3 is 1. The monoisotopic (exact) mass is 262 g/mol. The molecule has 0 aromatic carbocycles. The zero-order valence-corrected chi connectivity index (χ0v) is 12.4. The predicted octanol–water partition coefficient (Wildman–Crippen LogP) is 4.11. The topological polar surface area (TPSA) is 34.1 Å². The second-order valence-corrected chi connectivity index (χ2v) is 6.09. The van der Waals surface area contributed by atoms with Crippen LogP contribution in [0.1, 0.15) is 46.0 Å². The third-order valence-electron chi connectivity index (χ3n) is 3.90. The van der Waals surface area contributed by atoms with E-state index in [2.05, 4.69) is 30.2 Å². The molecule has 106 valence electrons. The van der Waals surface area contributed by atoms with Gasteiger partial charge in [0.2, 0.25) is 5.88 Å². The van der Waals surface area contributed by atoms with Crippen LogP contribution < -0.4 is 10.1 Å². The van der Waals surface area contributed by atoms with E-state index in [-0.39, 0.29) is 0 Å². The van der Waals surface area contributed by atoms with Gasteiger partial charge in [0.1, 0.15) is 0 Å². The molecular formula is C16H26N2O. The first kappa shape index (κ1) is 14.2. The first-order valence-electron chi connectivity index (χ1n) is 7.44. The smallest absolute Gasteiger partial charge is 0.213 e. The molecule has 1 aliphatic rings. The van der Waals surface area contributed by atoms with E-state index in [9.17, 15) is 0 Å². The van der Waals surface area contributed by atoms with E-state index in [0.717, 1.165) is 17.5 Å². The van der Waals surface area contributed by atoms with Gasteiger partial charge in [0.25, 0.3) is 0 Å². The number of aromatic nitrogens is 1. The van der Waals surface area contributed by atoms with Crippen LogP contribution in [0.5, 0.6) is 5.88 Å². The van der Waals surface area contributed by atoms with Crippen molar-refractivity contribution < 1.29 is 4.74 Å². The Morgan fingerprint density at radius 1 is 1.37 bits per heavy atom. The summed E-state index contributed by atoms with van der Waals surface area (Å²) in [6, 6.07) is 4.57. The largest absolute Gasteiger partial charge is 0.481 e. The summed E-state index contributed by atoms with van der Waals surface area (Å²) < 4.78 is 5.08. The van der Waals surface area contributed by atoms with Crippen LogP contribution in [0.25, 0.3) is 0 Å². The lowest BCUT2D eigenvalue weighted by Gasteiger charge is -2.31. The second-order valence-electron chi connectivity index (χ2n) is 6.09. The molecule has 1 saturated carbocycles. The molecule has 19 heavy (non-hydrogen) atoms. The molecule has 1 N–H and O–H groups in total. The summed E-state index contributed by atoms with van der Waals surface area (Å²) >= 11 is 0. The van der Waals surface area contributed by atoms with Gasteiger partial charge in [0, 0.05) is 12.1 Å². The third-order valence-corrected chi connectivity index (χ3v) is 3.90. The third kappa shape index (κ3) is 4.41. The van der Waals surface area contributed by atoms with Crippen LogP contribution >= 0.6 is 0 Å². The molecule has 3 nitrogen and oxygen atoms in total. The van der Waals surface area contributed by atoms with Crippen molar-refractivity contribution in [2.24, 2.45) is 11.8 Å². The summed E-state index contributed by atoms with van der Waals surface area (Å²) in [6.45, 7) is 4.65. The molecule has 0 bridgehead atoms. The standard InChI is InChI=1S/C16H26N2O/c1-12(2)9-13-5-4-6-14(10-13)18-15-7-8-16(19-3)17-11-15/h7-8,11-14,18H,4-6,9-10H2,1-3H3. The van der Waals surface area contributed by atoms with Crippen LogP contribution in [0, 0.1) is 11.8 Å². The Bertz CT molecular complexity index is 375. The maximum Gasteiger partial charge on any atom is 0.213 e. The van der Waals surface area contributed by atoms with Gasteiger partial charge in [-0.05, 0) is 37.2 Å². The van der Waals surface area contributed by atoms with Gasteiger partial charge in [-0.1, -0.05) is 26.7 Å². The molecule has 0 aliphatic heterocycles. The van der Waals surface area contributed by atoms with E-state index in [4.69, 9.17) is 4.74 Å². The maximum absolute atomic E-state index is 5.08. The first-order chi connectivity index (χ1) is 9.17. The lowest BCUT2D eigenvalue weighted by atomic mass is 9.81. The van der Waals surface area contributed by atoms with Crippen molar-refractivity contribution >= 4 is 5.69 Å². The summed E-state index contributed by atoms with van der Waals surface area (Å²) in [5.74, 6) is 2.37. The lowest BCUT2D eigenvalue weighted by Crippen LogP contribution is -2.28. The number of nitrogens with one attached hydrogen (secondary N) is 1. The Hall–Kier alpha value is -1.25. The van der Waals surface area contributed by atoms with Crippen LogP contribution in [0.3, 0.4) is 0 Å². The Labute approximate surface area is 116 Å². The fourth-order valence-corrected chi connectivity index (χ4v) is 3.12. The number of anilines is 1. The highest BCUT2D eigenvalue weighted by Crippen LogP contribution is 2.31. The molecule has 1 aromatic rings. The van der Waals surface area contributed by atoms with Crippen LogP contribution in [0.4, 0.5) is 5.69 Å². The Kier molecular flexibility index (Phi) is 5.06. The van der Waals surface area contributed by atoms with E-state index in [1.165, 1.54) is 32.1 Å². The normalized spacial score (nSPS) is 23.4. The van der Waals surface area contributed by atoms with Crippen molar-refractivity contribution in [3.63, 3.8) is 0 Å². The van der Waals surface area contributed by atoms with Gasteiger partial charge in [-0.25, -0.2) is 4.98 Å². The van der Waals surface area contributed by atoms with E-state index < -0.39 is 0 Å². The predicted molar refractivity (Wildman–Crippen MR) is 79.6 cm³/mol. The fraction of sp³-hybridized carbons (Fsp3) is 0.688. The molecule has 3 heteroatoms. The highest BCUT2D eigenvalue weighted by atomic mass is 16.5. The lowest BCUT2D eigenvalue weighted by molar-refractivity contribution is 0.289. The molecule has 1 aromatic heterocycles. The van der Waals surface area contributed by atoms with E-state index in [1.807, 2.05) is 12.3 Å². The molecule has 2 unspecified atom stereocenters. The average Bonchev–Trinajstić information content (AvgIpc) is 2.39. The minimum atomic E-state index is 0.604. The Balaban J connectivity index is 1.87. The zero-order valence-electron chi connectivity index (χ0n) is 12.4. The molecular weight excluding hydrogens is 236 g/mol. The summed E-state index contributed by atoms with van der Waals surface area (Å²) in [7, 11) is 1.65. The van der Waals surface area contributed by atoms with Crippen LogP contribution in [0.15, 0.2) is 18.3 Å². The number of hydrogen-bond acceptors (Lipinski definition) is 3. The average molecular weight is 262 g/mol. The van der Waals surface area contributed by atoms with E-state index in [1.54, 1.807) is 7.11 Å². The van der Waals surface area contributed by atoms with Crippen LogP contribution in [0.2, 0.25) is 0 Å². The minimum absolute atomic E-state index is 0.604. The molecule has 0 radical (unpaired) electrons. The van der Waals surface area contributed by atoms with Gasteiger partial charge in [-0.2, -0.15) is 0 Å². The Morgan fingerprint density at radius 2 is 2.21 bits per heavy atom. The number of ether oxygens (including phenoxy) is 1. The van der Waals surface area contributed by atoms with Crippen molar-refractivity contribution in [3.05, 3.63) is 18.3 Å². The molecule has 0 saturated heterocycles. The maximum atomic E-state index is 5.08. The number of nitrogens with zero attached hydrogens (tertiary/aromatic N) is 1. The van der Waals surface area contributed by atoms with Gasteiger partial charge >= 0.3 is 0 Å². The molecule has 2 atom stereocenters. The summed E-state index contributed by atoms with van der Waals surface area (Å²) in [4.78, 5) is 4.25. The summed E-state index contributed by atoms with van der Waals surface area (Å²) in [5.41, 5.74) is 1.11. The van der Waals surface area contributed by atoms with Gasteiger partial charge in [-0.3, -0.25) is 0 Å². The van der Waals surface area contributed by atoms with Gasteiger partial charge < -0.3 is 10.1 Å². The van der Waals surface area contributed by atoms with E-state index >= 15 is 0 Å². The number of rotatable bonds is 5.